The lowest BCUT2D eigenvalue weighted by Crippen LogP contribution is -2.35. The van der Waals surface area contributed by atoms with Gasteiger partial charge in [-0.1, -0.05) is 31.9 Å². The van der Waals surface area contributed by atoms with Gasteiger partial charge in [-0.2, -0.15) is 0 Å². The molecule has 0 aliphatic rings. The van der Waals surface area contributed by atoms with Crippen LogP contribution in [0.25, 0.3) is 0 Å². The lowest BCUT2D eigenvalue weighted by Gasteiger charge is -2.19. The molecule has 0 aliphatic carbocycles. The number of rotatable bonds is 4. The highest BCUT2D eigenvalue weighted by atomic mass is 79.9. The van der Waals surface area contributed by atoms with Gasteiger partial charge in [-0.3, -0.25) is 0 Å². The van der Waals surface area contributed by atoms with E-state index < -0.39 is 5.41 Å². The molecule has 0 atom stereocenters. The molecule has 2 nitrogen and oxygen atoms in total. The molecular weight excluding hydrogens is 250 g/mol. The molecule has 2 N–H and O–H groups in total. The monoisotopic (exact) mass is 257 g/mol. The van der Waals surface area contributed by atoms with Crippen molar-refractivity contribution in [1.82, 2.24) is 0 Å². The van der Waals surface area contributed by atoms with Crippen molar-refractivity contribution in [3.05, 3.63) is 0 Å². The van der Waals surface area contributed by atoms with Crippen LogP contribution in [0.3, 0.4) is 0 Å². The third-order valence-corrected chi connectivity index (χ3v) is 3.42. The number of aldehydes is 1. The third kappa shape index (κ3) is 2.35. The van der Waals surface area contributed by atoms with Crippen molar-refractivity contribution in [1.29, 1.82) is 0 Å². The number of hydrogen-bond acceptors (Lipinski definition) is 2. The summed E-state index contributed by atoms with van der Waals surface area (Å²) < 4.78 is 0. The molecule has 0 radical (unpaired) electrons. The topological polar surface area (TPSA) is 43.1 Å². The molecule has 0 heterocycles. The molecule has 0 amide bonds. The van der Waals surface area contributed by atoms with Gasteiger partial charge in [0.1, 0.15) is 6.29 Å². The van der Waals surface area contributed by atoms with Crippen LogP contribution in [0.15, 0.2) is 0 Å². The summed E-state index contributed by atoms with van der Waals surface area (Å²) >= 11 is 6.42. The smallest absolute Gasteiger partial charge is 0.129 e. The van der Waals surface area contributed by atoms with E-state index in [2.05, 4.69) is 31.9 Å². The molecule has 0 saturated heterocycles. The minimum Gasteiger partial charge on any atom is -0.329 e. The number of hydrogen-bond donors (Lipinski definition) is 1. The highest BCUT2D eigenvalue weighted by Gasteiger charge is 2.24. The van der Waals surface area contributed by atoms with Gasteiger partial charge in [0, 0.05) is 17.2 Å². The maximum Gasteiger partial charge on any atom is 0.129 e. The van der Waals surface area contributed by atoms with Gasteiger partial charge in [0.2, 0.25) is 0 Å². The van der Waals surface area contributed by atoms with E-state index in [4.69, 9.17) is 5.73 Å². The first-order valence-corrected chi connectivity index (χ1v) is 4.77. The van der Waals surface area contributed by atoms with E-state index in [9.17, 15) is 4.79 Å². The summed E-state index contributed by atoms with van der Waals surface area (Å²) in [7, 11) is 0. The van der Waals surface area contributed by atoms with E-state index in [0.29, 0.717) is 17.2 Å². The molecule has 0 aromatic heterocycles. The van der Waals surface area contributed by atoms with Gasteiger partial charge in [-0.05, 0) is 0 Å². The van der Waals surface area contributed by atoms with Crippen LogP contribution < -0.4 is 5.73 Å². The van der Waals surface area contributed by atoms with Crippen LogP contribution in [0.2, 0.25) is 0 Å². The van der Waals surface area contributed by atoms with Crippen molar-refractivity contribution in [3.63, 3.8) is 0 Å². The second kappa shape index (κ2) is 4.41. The molecule has 0 unspecified atom stereocenters. The first kappa shape index (κ1) is 9.59. The zero-order valence-corrected chi connectivity index (χ0v) is 8.11. The zero-order chi connectivity index (χ0) is 7.33. The average molecular weight is 259 g/mol. The Morgan fingerprint density at radius 2 is 1.89 bits per heavy atom. The Hall–Kier alpha value is 0.590. The van der Waals surface area contributed by atoms with Crippen LogP contribution in [-0.4, -0.2) is 23.5 Å². The van der Waals surface area contributed by atoms with Gasteiger partial charge >= 0.3 is 0 Å². The zero-order valence-electron chi connectivity index (χ0n) is 4.94. The Labute approximate surface area is 71.4 Å². The van der Waals surface area contributed by atoms with Gasteiger partial charge in [0.05, 0.1) is 5.41 Å². The van der Waals surface area contributed by atoms with Crippen molar-refractivity contribution >= 4 is 38.1 Å². The molecule has 0 bridgehead atoms. The average Bonchev–Trinajstić information content (AvgIpc) is 1.95. The maximum atomic E-state index is 10.4. The van der Waals surface area contributed by atoms with Crippen LogP contribution in [0, 0.1) is 5.41 Å². The van der Waals surface area contributed by atoms with E-state index in [1.54, 1.807) is 0 Å². The standard InChI is InChI=1S/C5H9Br2NO/c6-1-5(2-7,3-8)4-9/h4H,1-3,8H2. The molecule has 4 heteroatoms. The largest absolute Gasteiger partial charge is 0.329 e. The van der Waals surface area contributed by atoms with Crippen LogP contribution in [0.1, 0.15) is 0 Å². The summed E-state index contributed by atoms with van der Waals surface area (Å²) in [5.74, 6) is 0. The van der Waals surface area contributed by atoms with Gasteiger partial charge in [-0.15, -0.1) is 0 Å². The van der Waals surface area contributed by atoms with Crippen LogP contribution in [0.4, 0.5) is 0 Å². The Morgan fingerprint density at radius 1 is 1.44 bits per heavy atom. The summed E-state index contributed by atoms with van der Waals surface area (Å²) in [5.41, 5.74) is 4.95. The number of alkyl halides is 2. The van der Waals surface area contributed by atoms with Crippen molar-refractivity contribution < 1.29 is 4.79 Å². The Bertz CT molecular complexity index is 84.7. The van der Waals surface area contributed by atoms with Crippen molar-refractivity contribution in [2.45, 2.75) is 0 Å². The summed E-state index contributed by atoms with van der Waals surface area (Å²) in [6.07, 6.45) is 0.885. The summed E-state index contributed by atoms with van der Waals surface area (Å²) in [6, 6.07) is 0. The van der Waals surface area contributed by atoms with Crippen LogP contribution >= 0.6 is 31.9 Å². The van der Waals surface area contributed by atoms with E-state index in [-0.39, 0.29) is 0 Å². The van der Waals surface area contributed by atoms with E-state index in [1.807, 2.05) is 0 Å². The van der Waals surface area contributed by atoms with Crippen molar-refractivity contribution in [2.24, 2.45) is 11.1 Å². The van der Waals surface area contributed by atoms with Gasteiger partial charge in [0.15, 0.2) is 0 Å². The van der Waals surface area contributed by atoms with Gasteiger partial charge in [-0.25, -0.2) is 0 Å². The molecule has 0 rings (SSSR count). The Balaban J connectivity index is 3.98. The van der Waals surface area contributed by atoms with Gasteiger partial charge < -0.3 is 10.5 Å². The molecule has 9 heavy (non-hydrogen) atoms. The lowest BCUT2D eigenvalue weighted by atomic mass is 9.96. The SMILES string of the molecule is NCC(C=O)(CBr)CBr. The molecule has 0 spiro atoms. The Kier molecular flexibility index (Phi) is 4.70. The second-order valence-corrected chi connectivity index (χ2v) is 3.07. The Morgan fingerprint density at radius 3 is 1.89 bits per heavy atom. The fourth-order valence-corrected chi connectivity index (χ4v) is 1.91. The van der Waals surface area contributed by atoms with E-state index in [0.717, 1.165) is 6.29 Å². The highest BCUT2D eigenvalue weighted by molar-refractivity contribution is 9.09. The molecule has 0 saturated carbocycles. The number of nitrogens with two attached hydrogens (primary N) is 1. The maximum absolute atomic E-state index is 10.4. The van der Waals surface area contributed by atoms with E-state index in [1.165, 1.54) is 0 Å². The van der Waals surface area contributed by atoms with Crippen molar-refractivity contribution in [3.8, 4) is 0 Å². The quantitative estimate of drug-likeness (QED) is 0.602. The molecule has 0 aliphatic heterocycles. The predicted molar refractivity (Wildman–Crippen MR) is 45.1 cm³/mol. The fourth-order valence-electron chi connectivity index (χ4n) is 0.256. The first-order chi connectivity index (χ1) is 4.24. The molecule has 54 valence electrons. The molecule has 0 fully saturated rings. The number of carbonyl (C=O) groups excluding carboxylic acids is 1. The third-order valence-electron chi connectivity index (χ3n) is 1.19. The van der Waals surface area contributed by atoms with Crippen LogP contribution in [0.5, 0.6) is 0 Å². The first-order valence-electron chi connectivity index (χ1n) is 2.53. The van der Waals surface area contributed by atoms with E-state index >= 15 is 0 Å². The highest BCUT2D eigenvalue weighted by Crippen LogP contribution is 2.17. The van der Waals surface area contributed by atoms with Gasteiger partial charge in [0.25, 0.3) is 0 Å². The molecular formula is C5H9Br2NO. The van der Waals surface area contributed by atoms with Crippen molar-refractivity contribution in [2.75, 3.05) is 17.2 Å². The minimum absolute atomic E-state index is 0.382. The minimum atomic E-state index is -0.403. The fraction of sp³-hybridized carbons (Fsp3) is 0.800. The summed E-state index contributed by atoms with van der Waals surface area (Å²) in [6.45, 7) is 0.382. The molecule has 0 aromatic carbocycles. The second-order valence-electron chi connectivity index (χ2n) is 1.95. The summed E-state index contributed by atoms with van der Waals surface area (Å²) in [5, 5.41) is 1.23. The normalized spacial score (nSPS) is 11.4. The molecule has 0 aromatic rings. The number of halogens is 2. The summed E-state index contributed by atoms with van der Waals surface area (Å²) in [4.78, 5) is 10.4. The van der Waals surface area contributed by atoms with Crippen LogP contribution in [-0.2, 0) is 4.79 Å². The predicted octanol–water partition coefficient (Wildman–Crippen LogP) is 0.920. The lowest BCUT2D eigenvalue weighted by molar-refractivity contribution is -0.113. The number of carbonyl (C=O) groups is 1.